The number of nitrogens with two attached hydrogens (primary N) is 1. The van der Waals surface area contributed by atoms with E-state index in [0.717, 1.165) is 0 Å². The van der Waals surface area contributed by atoms with E-state index in [9.17, 15) is 9.18 Å². The van der Waals surface area contributed by atoms with E-state index in [-0.39, 0.29) is 16.1 Å². The van der Waals surface area contributed by atoms with Crippen LogP contribution in [0, 0.1) is 11.2 Å². The number of carbonyl (C=O) groups excluding carboxylic acids is 1. The molecule has 0 saturated carbocycles. The number of anilines is 1. The zero-order valence-corrected chi connectivity index (χ0v) is 10.8. The van der Waals surface area contributed by atoms with E-state index in [1.807, 2.05) is 20.8 Å². The van der Waals surface area contributed by atoms with Gasteiger partial charge in [-0.05, 0) is 17.5 Å². The van der Waals surface area contributed by atoms with Gasteiger partial charge in [0.25, 0.3) is 0 Å². The van der Waals surface area contributed by atoms with E-state index in [4.69, 9.17) is 17.3 Å². The Morgan fingerprint density at radius 2 is 2.06 bits per heavy atom. The molecule has 0 aliphatic carbocycles. The molecular weight excluding hydrogens is 243 g/mol. The first-order valence-electron chi connectivity index (χ1n) is 5.24. The topological polar surface area (TPSA) is 55.1 Å². The molecule has 0 spiro atoms. The highest BCUT2D eigenvalue weighted by atomic mass is 35.5. The van der Waals surface area contributed by atoms with E-state index >= 15 is 0 Å². The van der Waals surface area contributed by atoms with Crippen LogP contribution in [-0.4, -0.2) is 11.9 Å². The third-order valence-electron chi connectivity index (χ3n) is 2.42. The van der Waals surface area contributed by atoms with Gasteiger partial charge in [-0.3, -0.25) is 4.79 Å². The van der Waals surface area contributed by atoms with Crippen molar-refractivity contribution in [3.8, 4) is 0 Å². The largest absolute Gasteiger partial charge is 0.322 e. The number of hydrogen-bond acceptors (Lipinski definition) is 2. The van der Waals surface area contributed by atoms with Crippen LogP contribution in [0.2, 0.25) is 5.02 Å². The maximum atomic E-state index is 13.5. The smallest absolute Gasteiger partial charge is 0.241 e. The zero-order chi connectivity index (χ0) is 13.2. The molecule has 0 unspecified atom stereocenters. The van der Waals surface area contributed by atoms with Gasteiger partial charge >= 0.3 is 0 Å². The van der Waals surface area contributed by atoms with E-state index in [2.05, 4.69) is 5.32 Å². The first-order valence-corrected chi connectivity index (χ1v) is 5.61. The summed E-state index contributed by atoms with van der Waals surface area (Å²) in [6.07, 6.45) is 0. The van der Waals surface area contributed by atoms with Gasteiger partial charge in [0.1, 0.15) is 0 Å². The van der Waals surface area contributed by atoms with Crippen molar-refractivity contribution in [2.45, 2.75) is 26.8 Å². The average molecular weight is 259 g/mol. The Morgan fingerprint density at radius 1 is 1.47 bits per heavy atom. The Labute approximate surface area is 105 Å². The number of rotatable bonds is 2. The Bertz CT molecular complexity index is 429. The lowest BCUT2D eigenvalue weighted by Crippen LogP contribution is -2.45. The number of benzene rings is 1. The molecule has 0 saturated heterocycles. The van der Waals surface area contributed by atoms with Crippen LogP contribution in [0.4, 0.5) is 10.1 Å². The summed E-state index contributed by atoms with van der Waals surface area (Å²) in [5.74, 6) is -1.08. The molecule has 0 heterocycles. The fourth-order valence-corrected chi connectivity index (χ4v) is 1.38. The molecule has 0 radical (unpaired) electrons. The van der Waals surface area contributed by atoms with Gasteiger partial charge in [-0.25, -0.2) is 4.39 Å². The van der Waals surface area contributed by atoms with Crippen molar-refractivity contribution in [3.05, 3.63) is 29.0 Å². The van der Waals surface area contributed by atoms with Crippen molar-refractivity contribution in [1.82, 2.24) is 0 Å². The van der Waals surface area contributed by atoms with Gasteiger partial charge < -0.3 is 11.1 Å². The van der Waals surface area contributed by atoms with Crippen molar-refractivity contribution in [2.24, 2.45) is 11.1 Å². The van der Waals surface area contributed by atoms with Gasteiger partial charge in [-0.2, -0.15) is 0 Å². The fraction of sp³-hybridized carbons (Fsp3) is 0.417. The van der Waals surface area contributed by atoms with Gasteiger partial charge in [-0.15, -0.1) is 0 Å². The maximum absolute atomic E-state index is 13.5. The monoisotopic (exact) mass is 258 g/mol. The summed E-state index contributed by atoms with van der Waals surface area (Å²) in [7, 11) is 0. The normalized spacial score (nSPS) is 13.3. The van der Waals surface area contributed by atoms with Crippen LogP contribution >= 0.6 is 11.6 Å². The Balaban J connectivity index is 2.86. The second-order valence-electron chi connectivity index (χ2n) is 4.93. The van der Waals surface area contributed by atoms with Crippen LogP contribution in [0.25, 0.3) is 0 Å². The highest BCUT2D eigenvalue weighted by molar-refractivity contribution is 6.31. The third-order valence-corrected chi connectivity index (χ3v) is 2.72. The van der Waals surface area contributed by atoms with Crippen LogP contribution in [0.3, 0.4) is 0 Å². The zero-order valence-electron chi connectivity index (χ0n) is 10.1. The predicted molar refractivity (Wildman–Crippen MR) is 67.5 cm³/mol. The number of carbonyl (C=O) groups is 1. The maximum Gasteiger partial charge on any atom is 0.241 e. The van der Waals surface area contributed by atoms with Crippen molar-refractivity contribution in [2.75, 3.05) is 5.32 Å². The summed E-state index contributed by atoms with van der Waals surface area (Å²) in [6.45, 7) is 5.52. The number of amides is 1. The number of hydrogen-bond donors (Lipinski definition) is 2. The van der Waals surface area contributed by atoms with Gasteiger partial charge in [0.15, 0.2) is 5.82 Å². The molecule has 1 aromatic carbocycles. The summed E-state index contributed by atoms with van der Waals surface area (Å²) < 4.78 is 13.5. The molecule has 94 valence electrons. The van der Waals surface area contributed by atoms with Gasteiger partial charge in [0, 0.05) is 0 Å². The molecule has 1 rings (SSSR count). The van der Waals surface area contributed by atoms with Crippen molar-refractivity contribution < 1.29 is 9.18 Å². The van der Waals surface area contributed by atoms with Gasteiger partial charge in [-0.1, -0.05) is 38.4 Å². The van der Waals surface area contributed by atoms with Crippen LogP contribution in [0.15, 0.2) is 18.2 Å². The van der Waals surface area contributed by atoms with Crippen LogP contribution in [-0.2, 0) is 4.79 Å². The molecule has 1 amide bonds. The summed E-state index contributed by atoms with van der Waals surface area (Å²) in [6, 6.07) is 3.69. The summed E-state index contributed by atoms with van der Waals surface area (Å²) in [4.78, 5) is 11.8. The first-order chi connectivity index (χ1) is 7.73. The van der Waals surface area contributed by atoms with Crippen LogP contribution in [0.5, 0.6) is 0 Å². The van der Waals surface area contributed by atoms with Crippen LogP contribution < -0.4 is 11.1 Å². The van der Waals surface area contributed by atoms with Crippen molar-refractivity contribution >= 4 is 23.2 Å². The van der Waals surface area contributed by atoms with E-state index in [0.29, 0.717) is 0 Å². The molecule has 1 atom stereocenters. The SMILES string of the molecule is CC(C)(C)[C@H](N)C(=O)Nc1cccc(Cl)c1F. The van der Waals surface area contributed by atoms with Crippen molar-refractivity contribution in [3.63, 3.8) is 0 Å². The molecule has 5 heteroatoms. The molecule has 0 fully saturated rings. The standard InChI is InChI=1S/C12H16ClFN2O/c1-12(2,3)10(15)11(17)16-8-6-4-5-7(13)9(8)14/h4-6,10H,15H2,1-3H3,(H,16,17)/t10-/m1/s1. The third kappa shape index (κ3) is 3.41. The lowest BCUT2D eigenvalue weighted by atomic mass is 9.87. The summed E-state index contributed by atoms with van der Waals surface area (Å²) in [5, 5.41) is 2.40. The van der Waals surface area contributed by atoms with E-state index < -0.39 is 17.8 Å². The lowest BCUT2D eigenvalue weighted by Gasteiger charge is -2.25. The molecule has 17 heavy (non-hydrogen) atoms. The average Bonchev–Trinajstić information content (AvgIpc) is 2.22. The summed E-state index contributed by atoms with van der Waals surface area (Å²) in [5.41, 5.74) is 5.42. The quantitative estimate of drug-likeness (QED) is 0.857. The van der Waals surface area contributed by atoms with Crippen LogP contribution in [0.1, 0.15) is 20.8 Å². The minimum absolute atomic E-state index is 0.0351. The second kappa shape index (κ2) is 5.02. The summed E-state index contributed by atoms with van der Waals surface area (Å²) >= 11 is 5.61. The number of nitrogens with one attached hydrogen (secondary N) is 1. The van der Waals surface area contributed by atoms with Gasteiger partial charge in [0.2, 0.25) is 5.91 Å². The molecule has 0 aliphatic heterocycles. The Kier molecular flexibility index (Phi) is 4.11. The van der Waals surface area contributed by atoms with Gasteiger partial charge in [0.05, 0.1) is 16.8 Å². The minimum atomic E-state index is -0.721. The van der Waals surface area contributed by atoms with E-state index in [1.165, 1.54) is 12.1 Å². The molecule has 0 bridgehead atoms. The molecule has 0 aromatic heterocycles. The molecular formula is C12H16ClFN2O. The first kappa shape index (κ1) is 13.9. The molecule has 1 aromatic rings. The highest BCUT2D eigenvalue weighted by Gasteiger charge is 2.28. The van der Waals surface area contributed by atoms with E-state index in [1.54, 1.807) is 6.07 Å². The fourth-order valence-electron chi connectivity index (χ4n) is 1.20. The number of halogens is 2. The second-order valence-corrected chi connectivity index (χ2v) is 5.34. The molecule has 3 nitrogen and oxygen atoms in total. The minimum Gasteiger partial charge on any atom is -0.322 e. The lowest BCUT2D eigenvalue weighted by molar-refractivity contribution is -0.119. The Hall–Kier alpha value is -1.13. The van der Waals surface area contributed by atoms with Crippen molar-refractivity contribution in [1.29, 1.82) is 0 Å². The Morgan fingerprint density at radius 3 is 2.59 bits per heavy atom. The molecule has 0 aliphatic rings. The highest BCUT2D eigenvalue weighted by Crippen LogP contribution is 2.23. The predicted octanol–water partition coefficient (Wildman–Crippen LogP) is 2.79. The molecule has 3 N–H and O–H groups in total.